The van der Waals surface area contributed by atoms with E-state index in [1.165, 1.54) is 30.5 Å². The Morgan fingerprint density at radius 2 is 1.61 bits per heavy atom. The molecule has 2 aliphatic heterocycles. The van der Waals surface area contributed by atoms with Crippen LogP contribution in [0.25, 0.3) is 0 Å². The second kappa shape index (κ2) is 8.73. The van der Waals surface area contributed by atoms with Gasteiger partial charge in [0.05, 0.1) is 7.05 Å². The number of urea groups is 1. The predicted octanol–water partition coefficient (Wildman–Crippen LogP) is 1.10. The predicted molar refractivity (Wildman–Crippen MR) is 107 cm³/mol. The van der Waals surface area contributed by atoms with Gasteiger partial charge in [-0.1, -0.05) is 32.0 Å². The number of rotatable bonds is 7. The summed E-state index contributed by atoms with van der Waals surface area (Å²) >= 11 is 0. The fourth-order valence-electron chi connectivity index (χ4n) is 3.97. The number of nitrogens with zero attached hydrogens (tertiary/aromatic N) is 3. The van der Waals surface area contributed by atoms with E-state index < -0.39 is 17.8 Å². The van der Waals surface area contributed by atoms with E-state index in [9.17, 15) is 14.4 Å². The van der Waals surface area contributed by atoms with Crippen molar-refractivity contribution in [3.8, 4) is 0 Å². The highest BCUT2D eigenvalue weighted by molar-refractivity contribution is 6.44. The molecule has 0 radical (unpaired) electrons. The number of anilines is 1. The molecule has 1 unspecified atom stereocenters. The van der Waals surface area contributed by atoms with E-state index in [-0.39, 0.29) is 19.1 Å². The van der Waals surface area contributed by atoms with Crippen LogP contribution in [0, 0.1) is 5.92 Å². The Morgan fingerprint density at radius 1 is 0.964 bits per heavy atom. The van der Waals surface area contributed by atoms with Crippen molar-refractivity contribution in [3.05, 3.63) is 29.8 Å². The highest BCUT2D eigenvalue weighted by Gasteiger charge is 2.45. The minimum absolute atomic E-state index is 0.127. The van der Waals surface area contributed by atoms with Gasteiger partial charge in [0.15, 0.2) is 6.67 Å². The van der Waals surface area contributed by atoms with Crippen molar-refractivity contribution in [2.24, 2.45) is 5.92 Å². The van der Waals surface area contributed by atoms with Crippen LogP contribution in [0.4, 0.5) is 10.5 Å². The van der Waals surface area contributed by atoms with E-state index in [4.69, 9.17) is 0 Å². The molecule has 0 aliphatic carbocycles. The number of hydrogen-bond acceptors (Lipinski definition) is 4. The minimum Gasteiger partial charge on any atom is -0.371 e. The second-order valence-electron chi connectivity index (χ2n) is 8.29. The van der Waals surface area contributed by atoms with Crippen molar-refractivity contribution in [1.29, 1.82) is 0 Å². The average Bonchev–Trinajstić information content (AvgIpc) is 2.87. The van der Waals surface area contributed by atoms with Crippen LogP contribution in [0.2, 0.25) is 0 Å². The van der Waals surface area contributed by atoms with Crippen molar-refractivity contribution in [2.75, 3.05) is 38.3 Å². The summed E-state index contributed by atoms with van der Waals surface area (Å²) in [6, 6.07) is 7.84. The van der Waals surface area contributed by atoms with E-state index in [1.807, 2.05) is 27.0 Å². The summed E-state index contributed by atoms with van der Waals surface area (Å²) < 4.78 is 0. The van der Waals surface area contributed by atoms with Gasteiger partial charge in [0.2, 0.25) is 0 Å². The van der Waals surface area contributed by atoms with Gasteiger partial charge in [-0.2, -0.15) is 0 Å². The molecule has 0 spiro atoms. The SMILES string of the molecule is CC(C)CN1C(=O)C(=O)N(C[NH+](C)Cc2ccccc2N2CCCCC2)C1=O. The van der Waals surface area contributed by atoms with E-state index in [1.54, 1.807) is 0 Å². The number of imide groups is 2. The van der Waals surface area contributed by atoms with Gasteiger partial charge in [0.25, 0.3) is 0 Å². The largest absolute Gasteiger partial charge is 0.371 e. The smallest absolute Gasteiger partial charge is 0.338 e. The molecule has 152 valence electrons. The van der Waals surface area contributed by atoms with Gasteiger partial charge in [-0.25, -0.2) is 9.69 Å². The zero-order valence-corrected chi connectivity index (χ0v) is 17.1. The third-order valence-corrected chi connectivity index (χ3v) is 5.29. The van der Waals surface area contributed by atoms with Crippen molar-refractivity contribution in [2.45, 2.75) is 39.7 Å². The lowest BCUT2D eigenvalue weighted by molar-refractivity contribution is -0.901. The van der Waals surface area contributed by atoms with E-state index in [0.29, 0.717) is 6.54 Å². The van der Waals surface area contributed by atoms with Gasteiger partial charge in [0, 0.05) is 30.9 Å². The molecule has 2 aliphatic rings. The zero-order valence-electron chi connectivity index (χ0n) is 17.1. The summed E-state index contributed by atoms with van der Waals surface area (Å²) in [6.45, 7) is 7.12. The Morgan fingerprint density at radius 3 is 2.29 bits per heavy atom. The number of nitrogens with one attached hydrogen (secondary N) is 1. The van der Waals surface area contributed by atoms with Crippen LogP contribution in [-0.4, -0.2) is 61.0 Å². The third kappa shape index (κ3) is 4.35. The summed E-state index contributed by atoms with van der Waals surface area (Å²) in [5.74, 6) is -1.29. The van der Waals surface area contributed by atoms with Crippen molar-refractivity contribution >= 4 is 23.5 Å². The summed E-state index contributed by atoms with van der Waals surface area (Å²) in [6.07, 6.45) is 3.70. The van der Waals surface area contributed by atoms with Crippen molar-refractivity contribution < 1.29 is 19.3 Å². The fraction of sp³-hybridized carbons (Fsp3) is 0.571. The number of quaternary nitrogens is 1. The molecular weight excluding hydrogens is 356 g/mol. The Hall–Kier alpha value is -2.41. The molecule has 3 rings (SSSR count). The molecular formula is C21H31N4O3+. The topological polar surface area (TPSA) is 65.4 Å². The molecule has 7 heteroatoms. The van der Waals surface area contributed by atoms with E-state index in [2.05, 4.69) is 23.1 Å². The van der Waals surface area contributed by atoms with Gasteiger partial charge in [0.1, 0.15) is 6.54 Å². The first-order valence-corrected chi connectivity index (χ1v) is 10.2. The first kappa shape index (κ1) is 20.3. The first-order chi connectivity index (χ1) is 13.4. The Kier molecular flexibility index (Phi) is 6.34. The average molecular weight is 388 g/mol. The van der Waals surface area contributed by atoms with Crippen LogP contribution >= 0.6 is 0 Å². The molecule has 0 saturated carbocycles. The molecule has 1 aromatic rings. The molecule has 2 saturated heterocycles. The lowest BCUT2D eigenvalue weighted by Gasteiger charge is -2.31. The second-order valence-corrected chi connectivity index (χ2v) is 8.29. The fourth-order valence-corrected chi connectivity index (χ4v) is 3.97. The van der Waals surface area contributed by atoms with Crippen LogP contribution in [0.5, 0.6) is 0 Å². The maximum atomic E-state index is 12.6. The summed E-state index contributed by atoms with van der Waals surface area (Å²) in [5, 5.41) is 0. The Balaban J connectivity index is 1.68. The van der Waals surface area contributed by atoms with Gasteiger partial charge >= 0.3 is 17.8 Å². The molecule has 2 heterocycles. The maximum absolute atomic E-state index is 12.6. The van der Waals surface area contributed by atoms with E-state index >= 15 is 0 Å². The number of piperidine rings is 1. The monoisotopic (exact) mass is 387 g/mol. The molecule has 0 aromatic heterocycles. The van der Waals surface area contributed by atoms with Crippen LogP contribution < -0.4 is 9.80 Å². The molecule has 4 amide bonds. The zero-order chi connectivity index (χ0) is 20.3. The lowest BCUT2D eigenvalue weighted by atomic mass is 10.1. The number of carbonyl (C=O) groups is 3. The van der Waals surface area contributed by atoms with Crippen molar-refractivity contribution in [1.82, 2.24) is 9.80 Å². The molecule has 28 heavy (non-hydrogen) atoms. The van der Waals surface area contributed by atoms with Gasteiger partial charge in [-0.15, -0.1) is 0 Å². The molecule has 7 nitrogen and oxygen atoms in total. The molecule has 1 aromatic carbocycles. The summed E-state index contributed by atoms with van der Waals surface area (Å²) in [7, 11) is 1.95. The highest BCUT2D eigenvalue weighted by atomic mass is 16.2. The summed E-state index contributed by atoms with van der Waals surface area (Å²) in [5.41, 5.74) is 2.43. The maximum Gasteiger partial charge on any atom is 0.338 e. The standard InChI is InChI=1S/C21H30N4O3/c1-16(2)13-24-19(26)20(27)25(21(24)28)15-22(3)14-17-9-5-6-10-18(17)23-11-7-4-8-12-23/h5-6,9-10,16H,4,7-8,11-15H2,1-3H3/p+1. The van der Waals surface area contributed by atoms with Crippen LogP contribution in [0.3, 0.4) is 0 Å². The Labute approximate surface area is 166 Å². The number of hydrogen-bond donors (Lipinski definition) is 1. The van der Waals surface area contributed by atoms with Crippen LogP contribution in [0.1, 0.15) is 38.7 Å². The highest BCUT2D eigenvalue weighted by Crippen LogP contribution is 2.23. The molecule has 0 bridgehead atoms. The summed E-state index contributed by atoms with van der Waals surface area (Å²) in [4.78, 5) is 42.6. The lowest BCUT2D eigenvalue weighted by Crippen LogP contribution is -3.09. The number of carbonyl (C=O) groups excluding carboxylic acids is 3. The quantitative estimate of drug-likeness (QED) is 0.562. The minimum atomic E-state index is -0.714. The van der Waals surface area contributed by atoms with Gasteiger partial charge in [-0.3, -0.25) is 14.5 Å². The van der Waals surface area contributed by atoms with E-state index in [0.717, 1.165) is 27.8 Å². The normalized spacial score (nSPS) is 19.1. The molecule has 1 atom stereocenters. The van der Waals surface area contributed by atoms with Crippen LogP contribution in [0.15, 0.2) is 24.3 Å². The third-order valence-electron chi connectivity index (χ3n) is 5.29. The number of amides is 4. The number of para-hydroxylation sites is 1. The van der Waals surface area contributed by atoms with Gasteiger partial charge in [-0.05, 0) is 31.2 Å². The van der Waals surface area contributed by atoms with Gasteiger partial charge < -0.3 is 9.80 Å². The Bertz CT molecular complexity index is 743. The van der Waals surface area contributed by atoms with Crippen LogP contribution in [-0.2, 0) is 16.1 Å². The molecule has 2 fully saturated rings. The van der Waals surface area contributed by atoms with Crippen molar-refractivity contribution in [3.63, 3.8) is 0 Å². The first-order valence-electron chi connectivity index (χ1n) is 10.2. The number of benzene rings is 1. The molecule has 1 N–H and O–H groups in total.